The van der Waals surface area contributed by atoms with E-state index >= 15 is 0 Å². The predicted octanol–water partition coefficient (Wildman–Crippen LogP) is 3.84. The third-order valence-electron chi connectivity index (χ3n) is 6.51. The highest BCUT2D eigenvalue weighted by Crippen LogP contribution is 2.33. The average molecular weight is 508 g/mol. The second-order valence-corrected chi connectivity index (χ2v) is 8.87. The van der Waals surface area contributed by atoms with E-state index in [2.05, 4.69) is 10.3 Å². The molecule has 8 nitrogen and oxygen atoms in total. The molecule has 0 bridgehead atoms. The Morgan fingerprint density at radius 1 is 1.11 bits per heavy atom. The molecule has 0 saturated carbocycles. The molecular formula is C27H27F2N5O3. The summed E-state index contributed by atoms with van der Waals surface area (Å²) in [7, 11) is 1.58. The van der Waals surface area contributed by atoms with E-state index in [0.29, 0.717) is 23.2 Å². The summed E-state index contributed by atoms with van der Waals surface area (Å²) in [6, 6.07) is 13.0. The molecule has 1 aliphatic rings. The van der Waals surface area contributed by atoms with E-state index in [1.165, 1.54) is 17.2 Å². The van der Waals surface area contributed by atoms with E-state index in [0.717, 1.165) is 17.0 Å². The minimum Gasteiger partial charge on any atom is -0.384 e. The molecule has 3 atom stereocenters. The molecule has 1 aromatic heterocycles. The van der Waals surface area contributed by atoms with E-state index in [1.54, 1.807) is 50.4 Å². The second-order valence-electron chi connectivity index (χ2n) is 8.87. The van der Waals surface area contributed by atoms with Gasteiger partial charge < -0.3 is 16.0 Å². The number of carbonyl (C=O) groups excluding carboxylic acids is 3. The number of β-lactam (4-membered cyclic amide) rings is 1. The molecule has 0 radical (unpaired) electrons. The highest BCUT2D eigenvalue weighted by Gasteiger charge is 2.55. The van der Waals surface area contributed by atoms with Crippen molar-refractivity contribution in [2.24, 2.45) is 5.92 Å². The van der Waals surface area contributed by atoms with Gasteiger partial charge in [-0.3, -0.25) is 14.5 Å². The van der Waals surface area contributed by atoms with Gasteiger partial charge in [-0.15, -0.1) is 0 Å². The number of nitrogens with zero attached hydrogens (tertiary/aromatic N) is 3. The van der Waals surface area contributed by atoms with Crippen LogP contribution in [0.15, 0.2) is 66.9 Å². The Labute approximate surface area is 213 Å². The molecule has 0 spiro atoms. The van der Waals surface area contributed by atoms with Crippen LogP contribution in [0.1, 0.15) is 30.5 Å². The van der Waals surface area contributed by atoms with E-state index in [1.807, 2.05) is 6.07 Å². The number of nitrogen functional groups attached to an aromatic ring is 1. The first kappa shape index (κ1) is 25.7. The molecule has 0 aliphatic carbocycles. The lowest BCUT2D eigenvalue weighted by atomic mass is 9.81. The summed E-state index contributed by atoms with van der Waals surface area (Å²) in [6.07, 6.45) is 2.05. The van der Waals surface area contributed by atoms with Crippen molar-refractivity contribution in [2.45, 2.75) is 31.8 Å². The second kappa shape index (κ2) is 10.7. The number of urea groups is 1. The number of aromatic nitrogens is 1. The van der Waals surface area contributed by atoms with Crippen LogP contribution in [0.2, 0.25) is 0 Å². The van der Waals surface area contributed by atoms with E-state index in [9.17, 15) is 23.2 Å². The molecule has 192 valence electrons. The van der Waals surface area contributed by atoms with Crippen LogP contribution in [0.25, 0.3) is 0 Å². The van der Waals surface area contributed by atoms with Crippen LogP contribution >= 0.6 is 0 Å². The van der Waals surface area contributed by atoms with Crippen LogP contribution in [-0.4, -0.2) is 40.8 Å². The van der Waals surface area contributed by atoms with Crippen LogP contribution in [-0.2, 0) is 16.0 Å². The fourth-order valence-electron chi connectivity index (χ4n) is 4.48. The van der Waals surface area contributed by atoms with Crippen LogP contribution in [0.3, 0.4) is 0 Å². The number of rotatable bonds is 7. The smallest absolute Gasteiger partial charge is 0.325 e. The Morgan fingerprint density at radius 3 is 2.49 bits per heavy atom. The van der Waals surface area contributed by atoms with Crippen molar-refractivity contribution >= 4 is 29.4 Å². The van der Waals surface area contributed by atoms with Crippen LogP contribution in [0, 0.1) is 17.6 Å². The molecule has 2 heterocycles. The number of imide groups is 1. The van der Waals surface area contributed by atoms with E-state index < -0.39 is 47.5 Å². The number of nitrogens with two attached hydrogens (primary N) is 1. The van der Waals surface area contributed by atoms with Gasteiger partial charge in [0, 0.05) is 18.9 Å². The largest absolute Gasteiger partial charge is 0.384 e. The zero-order valence-corrected chi connectivity index (χ0v) is 20.4. The van der Waals surface area contributed by atoms with Crippen LogP contribution < -0.4 is 16.0 Å². The number of carbonyl (C=O) groups is 3. The number of nitrogens with one attached hydrogen (secondary N) is 1. The van der Waals surface area contributed by atoms with Gasteiger partial charge in [-0.05, 0) is 60.4 Å². The molecule has 2 aromatic carbocycles. The van der Waals surface area contributed by atoms with E-state index in [4.69, 9.17) is 5.73 Å². The highest BCUT2D eigenvalue weighted by molar-refractivity contribution is 6.12. The molecule has 1 unspecified atom stereocenters. The third-order valence-corrected chi connectivity index (χ3v) is 6.51. The number of benzene rings is 2. The van der Waals surface area contributed by atoms with Crippen molar-refractivity contribution < 1.29 is 23.2 Å². The van der Waals surface area contributed by atoms with Crippen molar-refractivity contribution in [3.8, 4) is 0 Å². The lowest BCUT2D eigenvalue weighted by Crippen LogP contribution is -2.70. The Kier molecular flexibility index (Phi) is 7.47. The highest BCUT2D eigenvalue weighted by atomic mass is 19.2. The van der Waals surface area contributed by atoms with Gasteiger partial charge in [-0.2, -0.15) is 0 Å². The fourth-order valence-corrected chi connectivity index (χ4v) is 4.48. The van der Waals surface area contributed by atoms with E-state index in [-0.39, 0.29) is 12.2 Å². The number of pyridine rings is 1. The van der Waals surface area contributed by atoms with Crippen LogP contribution in [0.4, 0.5) is 25.1 Å². The molecular weight excluding hydrogens is 480 g/mol. The summed E-state index contributed by atoms with van der Waals surface area (Å²) < 4.78 is 27.2. The molecule has 37 heavy (non-hydrogen) atoms. The quantitative estimate of drug-likeness (QED) is 0.473. The summed E-state index contributed by atoms with van der Waals surface area (Å²) in [5.74, 6) is -3.52. The number of amides is 4. The van der Waals surface area contributed by atoms with Crippen molar-refractivity contribution in [3.63, 3.8) is 0 Å². The molecule has 3 aromatic rings. The lowest BCUT2D eigenvalue weighted by Gasteiger charge is -2.46. The summed E-state index contributed by atoms with van der Waals surface area (Å²) >= 11 is 0. The van der Waals surface area contributed by atoms with Gasteiger partial charge in [0.05, 0.1) is 12.0 Å². The monoisotopic (exact) mass is 507 g/mol. The van der Waals surface area contributed by atoms with Crippen molar-refractivity contribution in [1.29, 1.82) is 0 Å². The molecule has 1 fully saturated rings. The van der Waals surface area contributed by atoms with Gasteiger partial charge in [0.25, 0.3) is 5.91 Å². The average Bonchev–Trinajstić information content (AvgIpc) is 2.90. The summed E-state index contributed by atoms with van der Waals surface area (Å²) in [5.41, 5.74) is 7.43. The molecule has 4 amide bonds. The van der Waals surface area contributed by atoms with Crippen molar-refractivity contribution in [3.05, 3.63) is 89.6 Å². The molecule has 10 heteroatoms. The van der Waals surface area contributed by atoms with Gasteiger partial charge in [0.15, 0.2) is 11.6 Å². The Hall–Kier alpha value is -4.34. The minimum atomic E-state index is -1.07. The maximum absolute atomic E-state index is 13.8. The van der Waals surface area contributed by atoms with Crippen molar-refractivity contribution in [2.75, 3.05) is 17.7 Å². The molecule has 4 rings (SSSR count). The molecule has 1 saturated heterocycles. The number of likely N-dealkylation sites (tertiary alicyclic amines) is 1. The first-order chi connectivity index (χ1) is 17.7. The number of likely N-dealkylation sites (N-methyl/N-ethyl adjacent to an activating group) is 1. The number of halogens is 2. The number of hydrogen-bond acceptors (Lipinski definition) is 5. The zero-order valence-electron chi connectivity index (χ0n) is 20.4. The predicted molar refractivity (Wildman–Crippen MR) is 134 cm³/mol. The lowest BCUT2D eigenvalue weighted by molar-refractivity contribution is -0.156. The Morgan fingerprint density at radius 2 is 1.84 bits per heavy atom. The number of hydrogen-bond donors (Lipinski definition) is 2. The maximum Gasteiger partial charge on any atom is 0.325 e. The number of para-hydroxylation sites is 1. The fraction of sp³-hybridized carbons (Fsp3) is 0.259. The maximum atomic E-state index is 13.8. The van der Waals surface area contributed by atoms with Crippen molar-refractivity contribution in [1.82, 2.24) is 15.2 Å². The summed E-state index contributed by atoms with van der Waals surface area (Å²) in [4.78, 5) is 46.3. The zero-order chi connectivity index (χ0) is 26.7. The standard InChI is InChI=1S/C27H27F2N5O3/c1-3-22(17-9-10-20(28)21(29)15-17)32-27(37)34-24(26(36)33(2)18-7-5-4-6-8-18)19(25(34)35)13-16-11-12-31-23(30)14-16/h4-12,14-15,19,22,24H,3,13H2,1-2H3,(H2,30,31)(H,32,37)/t19-,22?,24+/m1/s1. The minimum absolute atomic E-state index is 0.189. The molecule has 1 aliphatic heterocycles. The first-order valence-electron chi connectivity index (χ1n) is 11.8. The summed E-state index contributed by atoms with van der Waals surface area (Å²) in [5, 5.41) is 2.70. The third kappa shape index (κ3) is 5.28. The SMILES string of the molecule is CCC(NC(=O)N1C(=O)[C@H](Cc2ccnc(N)c2)[C@H]1C(=O)N(C)c1ccccc1)c1ccc(F)c(F)c1. The van der Waals surface area contributed by atoms with Gasteiger partial charge >= 0.3 is 6.03 Å². The normalized spacial score (nSPS) is 17.6. The number of anilines is 2. The first-order valence-corrected chi connectivity index (χ1v) is 11.8. The Balaban J connectivity index is 1.60. The van der Waals surface area contributed by atoms with Gasteiger partial charge in [0.1, 0.15) is 11.9 Å². The Bertz CT molecular complexity index is 1320. The van der Waals surface area contributed by atoms with Crippen LogP contribution in [0.5, 0.6) is 0 Å². The van der Waals surface area contributed by atoms with Gasteiger partial charge in [0.2, 0.25) is 5.91 Å². The van der Waals surface area contributed by atoms with Gasteiger partial charge in [-0.1, -0.05) is 31.2 Å². The molecule has 3 N–H and O–H groups in total. The topological polar surface area (TPSA) is 109 Å². The van der Waals surface area contributed by atoms with Gasteiger partial charge in [-0.25, -0.2) is 18.6 Å². The summed E-state index contributed by atoms with van der Waals surface area (Å²) in [6.45, 7) is 1.76.